The monoisotopic (exact) mass is 618 g/mol. The van der Waals surface area contributed by atoms with E-state index in [1.54, 1.807) is 30.6 Å². The minimum Gasteiger partial charge on any atom is -0.471 e. The summed E-state index contributed by atoms with van der Waals surface area (Å²) in [5.41, 5.74) is 1.87. The number of carbonyl (C=O) groups excluding carboxylic acids is 1. The predicted molar refractivity (Wildman–Crippen MR) is 157 cm³/mol. The molecule has 43 heavy (non-hydrogen) atoms. The number of nitrogens with one attached hydrogen (secondary N) is 2. The first-order valence-corrected chi connectivity index (χ1v) is 15.3. The van der Waals surface area contributed by atoms with E-state index in [2.05, 4.69) is 20.6 Å². The number of amides is 1. The van der Waals surface area contributed by atoms with Gasteiger partial charge in [0.2, 0.25) is 17.7 Å². The van der Waals surface area contributed by atoms with E-state index in [1.807, 2.05) is 0 Å². The lowest BCUT2D eigenvalue weighted by Gasteiger charge is -2.47. The van der Waals surface area contributed by atoms with Gasteiger partial charge < -0.3 is 25.2 Å². The van der Waals surface area contributed by atoms with Gasteiger partial charge >= 0.3 is 0 Å². The van der Waals surface area contributed by atoms with Crippen molar-refractivity contribution < 1.29 is 32.5 Å². The number of hydrogen-bond donors (Lipinski definition) is 3. The molecule has 3 heterocycles. The van der Waals surface area contributed by atoms with Crippen molar-refractivity contribution >= 4 is 17.2 Å². The van der Waals surface area contributed by atoms with E-state index in [4.69, 9.17) is 9.47 Å². The average Bonchev–Trinajstić information content (AvgIpc) is 3.48. The number of hydrogen-bond acceptors (Lipinski definition) is 8. The standard InChI is InChI=1S/C31H37F3N4O4S/c1-18(41-3)27(40)38-24(12-19-9-21(13-22(32)10-19)29-35-7-8-43-29)26(39)17-36-25-15-31(5-4-6-31)42-28-23(25)11-20(16-37-28)14-30(2,33)34/h7-11,13,16,18,24-26,36,39H,4-6,12,14-15,17H2,1-3H3,(H,38,40)/t18-,24+,25?,26-/m1/s1. The molecule has 1 amide bonds. The number of aliphatic hydroxyl groups excluding tert-OH is 1. The van der Waals surface area contributed by atoms with Crippen molar-refractivity contribution in [3.63, 3.8) is 0 Å². The van der Waals surface area contributed by atoms with Gasteiger partial charge in [-0.25, -0.2) is 23.1 Å². The van der Waals surface area contributed by atoms with E-state index < -0.39 is 42.3 Å². The van der Waals surface area contributed by atoms with E-state index >= 15 is 0 Å². The highest BCUT2D eigenvalue weighted by Crippen LogP contribution is 2.48. The van der Waals surface area contributed by atoms with E-state index in [0.29, 0.717) is 39.6 Å². The summed E-state index contributed by atoms with van der Waals surface area (Å²) in [6, 6.07) is 5.17. The van der Waals surface area contributed by atoms with Gasteiger partial charge in [-0.2, -0.15) is 0 Å². The zero-order chi connectivity index (χ0) is 30.8. The lowest BCUT2D eigenvalue weighted by atomic mass is 9.73. The maximum absolute atomic E-state index is 14.6. The zero-order valence-electron chi connectivity index (χ0n) is 24.4. The van der Waals surface area contributed by atoms with E-state index in [1.165, 1.54) is 36.8 Å². The predicted octanol–water partition coefficient (Wildman–Crippen LogP) is 5.00. The molecule has 2 aliphatic rings. The fourth-order valence-electron chi connectivity index (χ4n) is 5.70. The normalized spacial score (nSPS) is 19.6. The molecule has 0 saturated heterocycles. The summed E-state index contributed by atoms with van der Waals surface area (Å²) in [4.78, 5) is 21.5. The van der Waals surface area contributed by atoms with Crippen LogP contribution in [-0.2, 0) is 22.4 Å². The van der Waals surface area contributed by atoms with Crippen LogP contribution in [0.3, 0.4) is 0 Å². The molecule has 0 radical (unpaired) electrons. The molecule has 2 aromatic heterocycles. The van der Waals surface area contributed by atoms with Gasteiger partial charge in [-0.15, -0.1) is 11.3 Å². The van der Waals surface area contributed by atoms with Crippen molar-refractivity contribution in [2.24, 2.45) is 0 Å². The highest BCUT2D eigenvalue weighted by atomic mass is 32.1. The smallest absolute Gasteiger partial charge is 0.249 e. The molecule has 1 fully saturated rings. The van der Waals surface area contributed by atoms with Crippen molar-refractivity contribution in [2.45, 2.75) is 88.2 Å². The molecule has 1 aliphatic heterocycles. The first-order chi connectivity index (χ1) is 20.4. The highest BCUT2D eigenvalue weighted by Gasteiger charge is 2.46. The molecule has 8 nitrogen and oxygen atoms in total. The molecule has 1 spiro atoms. The van der Waals surface area contributed by atoms with Gasteiger partial charge in [0, 0.05) is 61.4 Å². The van der Waals surface area contributed by atoms with Crippen molar-refractivity contribution in [2.75, 3.05) is 13.7 Å². The second-order valence-corrected chi connectivity index (χ2v) is 12.6. The zero-order valence-corrected chi connectivity index (χ0v) is 25.2. The fourth-order valence-corrected chi connectivity index (χ4v) is 6.33. The molecule has 0 bridgehead atoms. The summed E-state index contributed by atoms with van der Waals surface area (Å²) < 4.78 is 53.6. The fraction of sp³-hybridized carbons (Fsp3) is 0.516. The Hall–Kier alpha value is -3.06. The Kier molecular flexibility index (Phi) is 9.40. The number of aliphatic hydroxyl groups is 1. The number of benzene rings is 1. The van der Waals surface area contributed by atoms with E-state index in [-0.39, 0.29) is 24.6 Å². The number of rotatable bonds is 12. The number of fused-ring (bicyclic) bond motifs is 1. The summed E-state index contributed by atoms with van der Waals surface area (Å²) in [5.74, 6) is -3.34. The summed E-state index contributed by atoms with van der Waals surface area (Å²) in [6.07, 6.45) is 4.26. The minimum atomic E-state index is -2.89. The van der Waals surface area contributed by atoms with Gasteiger partial charge in [-0.3, -0.25) is 4.79 Å². The molecule has 1 unspecified atom stereocenters. The molecule has 1 aromatic carbocycles. The third-order valence-electron chi connectivity index (χ3n) is 8.16. The lowest BCUT2D eigenvalue weighted by molar-refractivity contribution is -0.131. The quantitative estimate of drug-likeness (QED) is 0.262. The van der Waals surface area contributed by atoms with Crippen LogP contribution in [0, 0.1) is 5.82 Å². The number of nitrogens with zero attached hydrogens (tertiary/aromatic N) is 2. The Bertz CT molecular complexity index is 1410. The second-order valence-electron chi connectivity index (χ2n) is 11.7. The number of halogens is 3. The molecule has 4 atom stereocenters. The van der Waals surface area contributed by atoms with Crippen molar-refractivity contribution in [3.05, 3.63) is 64.5 Å². The Morgan fingerprint density at radius 3 is 2.70 bits per heavy atom. The molecule has 5 rings (SSSR count). The average molecular weight is 619 g/mol. The maximum atomic E-state index is 14.6. The third kappa shape index (κ3) is 7.72. The van der Waals surface area contributed by atoms with Crippen LogP contribution in [0.2, 0.25) is 0 Å². The number of carbonyl (C=O) groups is 1. The van der Waals surface area contributed by atoms with Crippen LogP contribution in [0.1, 0.15) is 62.3 Å². The molecule has 3 aromatic rings. The number of alkyl halides is 2. The van der Waals surface area contributed by atoms with Crippen LogP contribution in [-0.4, -0.2) is 64.4 Å². The molecule has 1 saturated carbocycles. The molecular formula is C31H37F3N4O4S. The molecular weight excluding hydrogens is 581 g/mol. The molecule has 3 N–H and O–H groups in total. The second kappa shape index (κ2) is 12.9. The molecule has 12 heteroatoms. The number of pyridine rings is 1. The summed E-state index contributed by atoms with van der Waals surface area (Å²) >= 11 is 1.38. The Labute approximate surface area is 253 Å². The summed E-state index contributed by atoms with van der Waals surface area (Å²) in [6.45, 7) is 2.53. The van der Waals surface area contributed by atoms with Crippen LogP contribution in [0.15, 0.2) is 42.0 Å². The lowest BCUT2D eigenvalue weighted by Crippen LogP contribution is -2.53. The minimum absolute atomic E-state index is 0.0648. The van der Waals surface area contributed by atoms with Gasteiger partial charge in [0.15, 0.2) is 0 Å². The highest BCUT2D eigenvalue weighted by molar-refractivity contribution is 7.13. The number of thiazole rings is 1. The van der Waals surface area contributed by atoms with Crippen molar-refractivity contribution in [1.29, 1.82) is 0 Å². The Balaban J connectivity index is 1.36. The van der Waals surface area contributed by atoms with E-state index in [9.17, 15) is 23.1 Å². The maximum Gasteiger partial charge on any atom is 0.249 e. The Morgan fingerprint density at radius 1 is 1.26 bits per heavy atom. The van der Waals surface area contributed by atoms with Gasteiger partial charge in [0.05, 0.1) is 12.1 Å². The topological polar surface area (TPSA) is 106 Å². The van der Waals surface area contributed by atoms with Crippen molar-refractivity contribution in [1.82, 2.24) is 20.6 Å². The first-order valence-electron chi connectivity index (χ1n) is 14.4. The van der Waals surface area contributed by atoms with Gasteiger partial charge in [-0.1, -0.05) is 0 Å². The molecule has 1 aliphatic carbocycles. The van der Waals surface area contributed by atoms with Crippen LogP contribution in [0.4, 0.5) is 13.2 Å². The number of methoxy groups -OCH3 is 1. The van der Waals surface area contributed by atoms with Crippen LogP contribution in [0.5, 0.6) is 5.88 Å². The number of aromatic nitrogens is 2. The summed E-state index contributed by atoms with van der Waals surface area (Å²) in [5, 5.41) is 20.1. The van der Waals surface area contributed by atoms with Gasteiger partial charge in [0.1, 0.15) is 22.5 Å². The van der Waals surface area contributed by atoms with Crippen LogP contribution >= 0.6 is 11.3 Å². The SMILES string of the molecule is CO[C@H](C)C(=O)N[C@@H](Cc1cc(F)cc(-c2nccs2)c1)[C@H](O)CNC1CC2(CCC2)Oc2ncc(CC(C)(F)F)cc21. The van der Waals surface area contributed by atoms with Gasteiger partial charge in [-0.05, 0) is 74.9 Å². The van der Waals surface area contributed by atoms with E-state index in [0.717, 1.165) is 26.2 Å². The van der Waals surface area contributed by atoms with Crippen LogP contribution in [0.25, 0.3) is 10.6 Å². The first kappa shape index (κ1) is 31.4. The number of ether oxygens (including phenoxy) is 2. The van der Waals surface area contributed by atoms with Gasteiger partial charge in [0.25, 0.3) is 0 Å². The third-order valence-corrected chi connectivity index (χ3v) is 8.98. The van der Waals surface area contributed by atoms with Crippen molar-refractivity contribution in [3.8, 4) is 16.5 Å². The Morgan fingerprint density at radius 2 is 2.05 bits per heavy atom. The van der Waals surface area contributed by atoms with Crippen LogP contribution < -0.4 is 15.4 Å². The summed E-state index contributed by atoms with van der Waals surface area (Å²) in [7, 11) is 1.42. The largest absolute Gasteiger partial charge is 0.471 e. The molecule has 232 valence electrons.